The van der Waals surface area contributed by atoms with Crippen molar-refractivity contribution in [2.45, 2.75) is 13.5 Å². The molecule has 1 N–H and O–H groups in total. The predicted molar refractivity (Wildman–Crippen MR) is 84.1 cm³/mol. The van der Waals surface area contributed by atoms with Crippen LogP contribution in [-0.2, 0) is 6.54 Å². The molecule has 0 atom stereocenters. The van der Waals surface area contributed by atoms with Crippen molar-refractivity contribution in [3.63, 3.8) is 0 Å². The maximum Gasteiger partial charge on any atom is 0.251 e. The van der Waals surface area contributed by atoms with Crippen LogP contribution in [0.15, 0.2) is 60.8 Å². The van der Waals surface area contributed by atoms with E-state index in [1.54, 1.807) is 6.20 Å². The summed E-state index contributed by atoms with van der Waals surface area (Å²) in [5.74, 6) is -0.0472. The molecule has 0 aliphatic carbocycles. The Morgan fingerprint density at radius 3 is 2.67 bits per heavy atom. The number of aryl methyl sites for hydroxylation is 1. The van der Waals surface area contributed by atoms with Gasteiger partial charge >= 0.3 is 0 Å². The second-order valence-electron chi connectivity index (χ2n) is 4.98. The van der Waals surface area contributed by atoms with E-state index in [1.165, 1.54) is 0 Å². The van der Waals surface area contributed by atoms with Crippen molar-refractivity contribution < 1.29 is 4.79 Å². The van der Waals surface area contributed by atoms with Crippen molar-refractivity contribution in [3.8, 4) is 0 Å². The Kier molecular flexibility index (Phi) is 3.65. The van der Waals surface area contributed by atoms with Gasteiger partial charge in [-0.3, -0.25) is 9.78 Å². The molecule has 0 fully saturated rings. The van der Waals surface area contributed by atoms with Crippen molar-refractivity contribution >= 4 is 16.8 Å². The molecule has 0 radical (unpaired) electrons. The zero-order valence-corrected chi connectivity index (χ0v) is 11.8. The average Bonchev–Trinajstić information content (AvgIpc) is 2.53. The number of benzene rings is 2. The van der Waals surface area contributed by atoms with Gasteiger partial charge in [0.05, 0.1) is 5.52 Å². The minimum Gasteiger partial charge on any atom is -0.348 e. The highest BCUT2D eigenvalue weighted by Crippen LogP contribution is 2.16. The fourth-order valence-corrected chi connectivity index (χ4v) is 2.41. The monoisotopic (exact) mass is 276 g/mol. The normalized spacial score (nSPS) is 10.5. The molecule has 1 amide bonds. The minimum absolute atomic E-state index is 0.0472. The molecule has 0 saturated heterocycles. The summed E-state index contributed by atoms with van der Waals surface area (Å²) in [6.45, 7) is 2.44. The molecule has 0 aliphatic rings. The van der Waals surface area contributed by atoms with E-state index >= 15 is 0 Å². The summed E-state index contributed by atoms with van der Waals surface area (Å²) in [5, 5.41) is 4.06. The lowest BCUT2D eigenvalue weighted by atomic mass is 10.1. The number of hydrogen-bond acceptors (Lipinski definition) is 2. The summed E-state index contributed by atoms with van der Waals surface area (Å²) in [6.07, 6.45) is 1.78. The first-order valence-corrected chi connectivity index (χ1v) is 6.92. The third kappa shape index (κ3) is 2.77. The predicted octanol–water partition coefficient (Wildman–Crippen LogP) is 3.47. The van der Waals surface area contributed by atoms with E-state index in [2.05, 4.69) is 10.3 Å². The van der Waals surface area contributed by atoms with Gasteiger partial charge in [-0.25, -0.2) is 0 Å². The molecule has 0 bridgehead atoms. The van der Waals surface area contributed by atoms with Crippen LogP contribution in [-0.4, -0.2) is 10.9 Å². The summed E-state index contributed by atoms with van der Waals surface area (Å²) < 4.78 is 0. The second kappa shape index (κ2) is 5.75. The second-order valence-corrected chi connectivity index (χ2v) is 4.98. The van der Waals surface area contributed by atoms with Gasteiger partial charge < -0.3 is 5.32 Å². The van der Waals surface area contributed by atoms with Crippen molar-refractivity contribution in [2.24, 2.45) is 0 Å². The maximum absolute atomic E-state index is 12.2. The highest BCUT2D eigenvalue weighted by atomic mass is 16.1. The molecule has 3 heteroatoms. The fraction of sp³-hybridized carbons (Fsp3) is 0.111. The van der Waals surface area contributed by atoms with E-state index < -0.39 is 0 Å². The van der Waals surface area contributed by atoms with E-state index in [4.69, 9.17) is 0 Å². The van der Waals surface area contributed by atoms with Crippen LogP contribution in [0.1, 0.15) is 21.5 Å². The lowest BCUT2D eigenvalue weighted by Gasteiger charge is -2.09. The minimum atomic E-state index is -0.0472. The Bertz CT molecular complexity index is 791. The van der Waals surface area contributed by atoms with Crippen LogP contribution < -0.4 is 5.32 Å². The lowest BCUT2D eigenvalue weighted by Crippen LogP contribution is -2.23. The van der Waals surface area contributed by atoms with Gasteiger partial charge in [-0.15, -0.1) is 0 Å². The third-order valence-corrected chi connectivity index (χ3v) is 3.57. The zero-order chi connectivity index (χ0) is 14.7. The van der Waals surface area contributed by atoms with Crippen LogP contribution in [0.2, 0.25) is 0 Å². The summed E-state index contributed by atoms with van der Waals surface area (Å²) in [5.41, 5.74) is 3.72. The number of para-hydroxylation sites is 1. The molecule has 0 spiro atoms. The van der Waals surface area contributed by atoms with Crippen LogP contribution in [0.25, 0.3) is 10.9 Å². The van der Waals surface area contributed by atoms with Gasteiger partial charge in [-0.2, -0.15) is 0 Å². The molecule has 1 aromatic heterocycles. The molecule has 3 aromatic rings. The summed E-state index contributed by atoms with van der Waals surface area (Å²) in [6, 6.07) is 17.5. The Balaban J connectivity index is 1.81. The van der Waals surface area contributed by atoms with Crippen LogP contribution >= 0.6 is 0 Å². The first kappa shape index (κ1) is 13.3. The number of aromatic nitrogens is 1. The standard InChI is InChI=1S/C18H16N2O/c1-13-6-2-3-7-15(13)18(21)20-12-14-10-11-19-17-9-5-4-8-16(14)17/h2-11H,12H2,1H3,(H,20,21). The van der Waals surface area contributed by atoms with Crippen molar-refractivity contribution in [3.05, 3.63) is 77.5 Å². The molecular formula is C18H16N2O. The van der Waals surface area contributed by atoms with Crippen molar-refractivity contribution in [1.29, 1.82) is 0 Å². The Morgan fingerprint density at radius 2 is 1.81 bits per heavy atom. The number of nitrogens with one attached hydrogen (secondary N) is 1. The maximum atomic E-state index is 12.2. The number of carbonyl (C=O) groups is 1. The SMILES string of the molecule is Cc1ccccc1C(=O)NCc1ccnc2ccccc12. The average molecular weight is 276 g/mol. The fourth-order valence-electron chi connectivity index (χ4n) is 2.41. The summed E-state index contributed by atoms with van der Waals surface area (Å²) in [7, 11) is 0. The van der Waals surface area contributed by atoms with E-state index in [0.717, 1.165) is 27.6 Å². The summed E-state index contributed by atoms with van der Waals surface area (Å²) in [4.78, 5) is 16.6. The number of pyridine rings is 1. The first-order valence-electron chi connectivity index (χ1n) is 6.92. The van der Waals surface area contributed by atoms with Gasteiger partial charge in [0, 0.05) is 23.7 Å². The molecule has 104 valence electrons. The van der Waals surface area contributed by atoms with Gasteiger partial charge in [0.2, 0.25) is 0 Å². The number of nitrogens with zero attached hydrogens (tertiary/aromatic N) is 1. The lowest BCUT2D eigenvalue weighted by molar-refractivity contribution is 0.0950. The molecule has 1 heterocycles. The molecule has 3 rings (SSSR count). The van der Waals surface area contributed by atoms with E-state index in [1.807, 2.05) is 61.5 Å². The Labute approximate surface area is 123 Å². The summed E-state index contributed by atoms with van der Waals surface area (Å²) >= 11 is 0. The van der Waals surface area contributed by atoms with Crippen LogP contribution in [0.4, 0.5) is 0 Å². The molecule has 0 saturated carbocycles. The molecule has 0 aliphatic heterocycles. The topological polar surface area (TPSA) is 42.0 Å². The molecule has 3 nitrogen and oxygen atoms in total. The van der Waals surface area contributed by atoms with Gasteiger partial charge in [0.15, 0.2) is 0 Å². The molecular weight excluding hydrogens is 260 g/mol. The number of carbonyl (C=O) groups excluding carboxylic acids is 1. The zero-order valence-electron chi connectivity index (χ0n) is 11.8. The first-order chi connectivity index (χ1) is 10.3. The molecule has 21 heavy (non-hydrogen) atoms. The van der Waals surface area contributed by atoms with Crippen molar-refractivity contribution in [1.82, 2.24) is 10.3 Å². The van der Waals surface area contributed by atoms with Crippen molar-refractivity contribution in [2.75, 3.05) is 0 Å². The van der Waals surface area contributed by atoms with Gasteiger partial charge in [0.1, 0.15) is 0 Å². The van der Waals surface area contributed by atoms with E-state index in [0.29, 0.717) is 6.54 Å². The van der Waals surface area contributed by atoms with Gasteiger partial charge in [-0.05, 0) is 36.2 Å². The Hall–Kier alpha value is -2.68. The van der Waals surface area contributed by atoms with Gasteiger partial charge in [0.25, 0.3) is 5.91 Å². The number of rotatable bonds is 3. The number of hydrogen-bond donors (Lipinski definition) is 1. The molecule has 2 aromatic carbocycles. The van der Waals surface area contributed by atoms with Gasteiger partial charge in [-0.1, -0.05) is 36.4 Å². The number of fused-ring (bicyclic) bond motifs is 1. The largest absolute Gasteiger partial charge is 0.348 e. The van der Waals surface area contributed by atoms with Crippen LogP contribution in [0, 0.1) is 6.92 Å². The highest BCUT2D eigenvalue weighted by Gasteiger charge is 2.08. The van der Waals surface area contributed by atoms with E-state index in [-0.39, 0.29) is 5.91 Å². The number of amides is 1. The Morgan fingerprint density at radius 1 is 1.05 bits per heavy atom. The third-order valence-electron chi connectivity index (χ3n) is 3.57. The molecule has 0 unspecified atom stereocenters. The van der Waals surface area contributed by atoms with Crippen LogP contribution in [0.5, 0.6) is 0 Å². The smallest absolute Gasteiger partial charge is 0.251 e. The van der Waals surface area contributed by atoms with E-state index in [9.17, 15) is 4.79 Å². The van der Waals surface area contributed by atoms with Crippen LogP contribution in [0.3, 0.4) is 0 Å². The highest BCUT2D eigenvalue weighted by molar-refractivity contribution is 5.95. The quantitative estimate of drug-likeness (QED) is 0.796.